The number of nitrogens with one attached hydrogen (secondary N) is 2. The lowest BCUT2D eigenvalue weighted by atomic mass is 9.98. The largest absolute Gasteiger partial charge is 0.355 e. The minimum atomic E-state index is 0.204. The molecular formula is C13H25N3O. The summed E-state index contributed by atoms with van der Waals surface area (Å²) in [5.74, 6) is 0.204. The predicted molar refractivity (Wildman–Crippen MR) is 68.9 cm³/mol. The molecule has 4 nitrogen and oxygen atoms in total. The first kappa shape index (κ1) is 12.8. The first-order valence-corrected chi connectivity index (χ1v) is 7.00. The Hall–Kier alpha value is -0.610. The van der Waals surface area contributed by atoms with Gasteiger partial charge in [-0.05, 0) is 32.7 Å². The fourth-order valence-electron chi connectivity index (χ4n) is 2.91. The van der Waals surface area contributed by atoms with E-state index < -0.39 is 0 Å². The molecule has 2 aliphatic rings. The van der Waals surface area contributed by atoms with Gasteiger partial charge in [-0.15, -0.1) is 0 Å². The van der Waals surface area contributed by atoms with Crippen LogP contribution in [0.25, 0.3) is 0 Å². The van der Waals surface area contributed by atoms with E-state index in [0.29, 0.717) is 18.5 Å². The lowest BCUT2D eigenvalue weighted by molar-refractivity contribution is -0.120. The zero-order chi connectivity index (χ0) is 12.1. The van der Waals surface area contributed by atoms with Gasteiger partial charge in [0.05, 0.1) is 0 Å². The van der Waals surface area contributed by atoms with Gasteiger partial charge in [0.15, 0.2) is 0 Å². The van der Waals surface area contributed by atoms with E-state index >= 15 is 0 Å². The zero-order valence-corrected chi connectivity index (χ0v) is 10.9. The molecule has 0 saturated carbocycles. The van der Waals surface area contributed by atoms with E-state index in [0.717, 1.165) is 19.6 Å². The predicted octanol–water partition coefficient (Wildman–Crippen LogP) is 0.729. The Bertz CT molecular complexity index is 251. The van der Waals surface area contributed by atoms with Crippen molar-refractivity contribution in [3.8, 4) is 0 Å². The molecule has 2 fully saturated rings. The van der Waals surface area contributed by atoms with Gasteiger partial charge in [0.1, 0.15) is 0 Å². The number of carbonyl (C=O) groups is 1. The van der Waals surface area contributed by atoms with Gasteiger partial charge in [-0.25, -0.2) is 0 Å². The van der Waals surface area contributed by atoms with Crippen molar-refractivity contribution >= 4 is 5.91 Å². The van der Waals surface area contributed by atoms with E-state index in [9.17, 15) is 4.79 Å². The monoisotopic (exact) mass is 239 g/mol. The maximum Gasteiger partial charge on any atom is 0.221 e. The molecule has 98 valence electrons. The molecule has 2 aliphatic heterocycles. The fraction of sp³-hybridized carbons (Fsp3) is 0.923. The van der Waals surface area contributed by atoms with Gasteiger partial charge in [0, 0.05) is 38.1 Å². The van der Waals surface area contributed by atoms with Gasteiger partial charge >= 0.3 is 0 Å². The van der Waals surface area contributed by atoms with Crippen LogP contribution in [0.1, 0.15) is 39.0 Å². The standard InChI is InChI=1S/C13H25N3O/c1-11(10-12-4-2-3-6-14-12)16-8-5-13(17)15-7-9-16/h11-12,14H,2-10H2,1H3,(H,15,17). The Labute approximate surface area is 104 Å². The number of nitrogens with zero attached hydrogens (tertiary/aromatic N) is 1. The molecule has 1 amide bonds. The maximum absolute atomic E-state index is 11.3. The van der Waals surface area contributed by atoms with Crippen molar-refractivity contribution in [1.29, 1.82) is 0 Å². The first-order chi connectivity index (χ1) is 8.25. The lowest BCUT2D eigenvalue weighted by Crippen LogP contribution is -2.43. The van der Waals surface area contributed by atoms with E-state index in [1.54, 1.807) is 0 Å². The molecule has 0 bridgehead atoms. The molecule has 2 heterocycles. The highest BCUT2D eigenvalue weighted by Crippen LogP contribution is 2.15. The summed E-state index contributed by atoms with van der Waals surface area (Å²) in [4.78, 5) is 13.7. The molecule has 0 aromatic heterocycles. The fourth-order valence-corrected chi connectivity index (χ4v) is 2.91. The van der Waals surface area contributed by atoms with Crippen LogP contribution >= 0.6 is 0 Å². The van der Waals surface area contributed by atoms with Crippen molar-refractivity contribution < 1.29 is 4.79 Å². The maximum atomic E-state index is 11.3. The molecule has 0 radical (unpaired) electrons. The van der Waals surface area contributed by atoms with Gasteiger partial charge in [-0.3, -0.25) is 9.69 Å². The van der Waals surface area contributed by atoms with Crippen molar-refractivity contribution in [3.63, 3.8) is 0 Å². The summed E-state index contributed by atoms with van der Waals surface area (Å²) < 4.78 is 0. The second-order valence-corrected chi connectivity index (χ2v) is 5.37. The molecule has 2 rings (SSSR count). The Morgan fingerprint density at radius 1 is 1.35 bits per heavy atom. The quantitative estimate of drug-likeness (QED) is 0.763. The SMILES string of the molecule is CC(CC1CCCCN1)N1CCNC(=O)CC1. The second kappa shape index (κ2) is 6.36. The van der Waals surface area contributed by atoms with Gasteiger partial charge in [-0.1, -0.05) is 6.42 Å². The summed E-state index contributed by atoms with van der Waals surface area (Å²) in [6, 6.07) is 1.27. The Kier molecular flexibility index (Phi) is 4.80. The van der Waals surface area contributed by atoms with Crippen molar-refractivity contribution in [2.45, 2.75) is 51.1 Å². The van der Waals surface area contributed by atoms with Crippen molar-refractivity contribution in [2.75, 3.05) is 26.2 Å². The third-order valence-electron chi connectivity index (χ3n) is 4.01. The average Bonchev–Trinajstić information content (AvgIpc) is 2.55. The van der Waals surface area contributed by atoms with Crippen LogP contribution in [0, 0.1) is 0 Å². The van der Waals surface area contributed by atoms with Crippen LogP contribution in [0.2, 0.25) is 0 Å². The van der Waals surface area contributed by atoms with Gasteiger partial charge in [-0.2, -0.15) is 0 Å². The molecule has 4 heteroatoms. The minimum absolute atomic E-state index is 0.204. The highest BCUT2D eigenvalue weighted by Gasteiger charge is 2.22. The summed E-state index contributed by atoms with van der Waals surface area (Å²) in [7, 11) is 0. The Morgan fingerprint density at radius 3 is 3.00 bits per heavy atom. The van der Waals surface area contributed by atoms with Crippen LogP contribution in [0.3, 0.4) is 0 Å². The summed E-state index contributed by atoms with van der Waals surface area (Å²) in [6.07, 6.45) is 5.88. The molecule has 0 spiro atoms. The Balaban J connectivity index is 1.77. The van der Waals surface area contributed by atoms with Gasteiger partial charge in [0.25, 0.3) is 0 Å². The lowest BCUT2D eigenvalue weighted by Gasteiger charge is -2.32. The van der Waals surface area contributed by atoms with Crippen LogP contribution in [0.15, 0.2) is 0 Å². The van der Waals surface area contributed by atoms with Gasteiger partial charge < -0.3 is 10.6 Å². The third-order valence-corrected chi connectivity index (χ3v) is 4.01. The normalized spacial score (nSPS) is 29.5. The summed E-state index contributed by atoms with van der Waals surface area (Å²) >= 11 is 0. The highest BCUT2D eigenvalue weighted by molar-refractivity contribution is 5.76. The van der Waals surface area contributed by atoms with E-state index in [1.165, 1.54) is 32.2 Å². The van der Waals surface area contributed by atoms with Crippen LogP contribution in [0.5, 0.6) is 0 Å². The van der Waals surface area contributed by atoms with E-state index in [4.69, 9.17) is 0 Å². The van der Waals surface area contributed by atoms with Crippen molar-refractivity contribution in [3.05, 3.63) is 0 Å². The molecule has 0 aromatic carbocycles. The molecule has 2 atom stereocenters. The van der Waals surface area contributed by atoms with Crippen LogP contribution in [-0.2, 0) is 4.79 Å². The molecule has 2 saturated heterocycles. The van der Waals surface area contributed by atoms with Crippen molar-refractivity contribution in [2.24, 2.45) is 0 Å². The smallest absolute Gasteiger partial charge is 0.221 e. The summed E-state index contributed by atoms with van der Waals surface area (Å²) in [5.41, 5.74) is 0. The topological polar surface area (TPSA) is 44.4 Å². The number of amides is 1. The van der Waals surface area contributed by atoms with Gasteiger partial charge in [0.2, 0.25) is 5.91 Å². The summed E-state index contributed by atoms with van der Waals surface area (Å²) in [6.45, 7) is 6.20. The van der Waals surface area contributed by atoms with Crippen LogP contribution in [0.4, 0.5) is 0 Å². The number of carbonyl (C=O) groups excluding carboxylic acids is 1. The van der Waals surface area contributed by atoms with E-state index in [2.05, 4.69) is 22.5 Å². The minimum Gasteiger partial charge on any atom is -0.355 e. The number of rotatable bonds is 3. The molecular weight excluding hydrogens is 214 g/mol. The molecule has 2 unspecified atom stereocenters. The van der Waals surface area contributed by atoms with E-state index in [1.807, 2.05) is 0 Å². The highest BCUT2D eigenvalue weighted by atomic mass is 16.1. The third kappa shape index (κ3) is 3.96. The number of hydrogen-bond acceptors (Lipinski definition) is 3. The van der Waals surface area contributed by atoms with E-state index in [-0.39, 0.29) is 5.91 Å². The molecule has 17 heavy (non-hydrogen) atoms. The average molecular weight is 239 g/mol. The Morgan fingerprint density at radius 2 is 2.24 bits per heavy atom. The zero-order valence-electron chi connectivity index (χ0n) is 10.9. The number of hydrogen-bond donors (Lipinski definition) is 2. The number of piperidine rings is 1. The van der Waals surface area contributed by atoms with Crippen LogP contribution < -0.4 is 10.6 Å². The molecule has 0 aromatic rings. The molecule has 2 N–H and O–H groups in total. The molecule has 0 aliphatic carbocycles. The van der Waals surface area contributed by atoms with Crippen LogP contribution in [-0.4, -0.2) is 49.1 Å². The van der Waals surface area contributed by atoms with Crippen molar-refractivity contribution in [1.82, 2.24) is 15.5 Å². The first-order valence-electron chi connectivity index (χ1n) is 7.00. The second-order valence-electron chi connectivity index (χ2n) is 5.37. The summed E-state index contributed by atoms with van der Waals surface area (Å²) in [5, 5.41) is 6.54.